The molecule has 2 rings (SSSR count). The highest BCUT2D eigenvalue weighted by atomic mass is 35.5. The number of sulfonamides is 1. The maximum atomic E-state index is 12.6. The molecule has 0 aromatic heterocycles. The second-order valence-electron chi connectivity index (χ2n) is 5.91. The monoisotopic (exact) mass is 412 g/mol. The lowest BCUT2D eigenvalue weighted by Gasteiger charge is -2.29. The number of methoxy groups -OCH3 is 2. The normalized spacial score (nSPS) is 13.6. The topological polar surface area (TPSA) is 93.7 Å². The molecule has 7 nitrogen and oxygen atoms in total. The van der Waals surface area contributed by atoms with Gasteiger partial charge in [0.15, 0.2) is 0 Å². The quantitative estimate of drug-likeness (QED) is 0.727. The number of hydrogen-bond donors (Lipinski definition) is 2. The van der Waals surface area contributed by atoms with Gasteiger partial charge in [-0.05, 0) is 48.9 Å². The van der Waals surface area contributed by atoms with Crippen LogP contribution in [0.15, 0.2) is 53.4 Å². The van der Waals surface area contributed by atoms with Crippen LogP contribution in [0.25, 0.3) is 0 Å². The fourth-order valence-electron chi connectivity index (χ4n) is 2.31. The standard InChI is InChI=1S/C18H21ClN2O5S/c1-18(26-3,13-5-4-6-14(19)11-13)12-20-27(23,24)16-9-7-15(8-10-16)21-17(22)25-2/h4-11,20H,12H2,1-3H3,(H,21,22)/t18-/m1/s1. The lowest BCUT2D eigenvalue weighted by Crippen LogP contribution is -2.40. The van der Waals surface area contributed by atoms with Crippen LogP contribution in [0.2, 0.25) is 5.02 Å². The summed E-state index contributed by atoms with van der Waals surface area (Å²) in [5.41, 5.74) is 0.268. The van der Waals surface area contributed by atoms with E-state index in [0.717, 1.165) is 5.56 Å². The second kappa shape index (κ2) is 8.71. The molecule has 0 saturated carbocycles. The van der Waals surface area contributed by atoms with Crippen LogP contribution in [0.1, 0.15) is 12.5 Å². The summed E-state index contributed by atoms with van der Waals surface area (Å²) >= 11 is 6.02. The molecular weight excluding hydrogens is 392 g/mol. The molecule has 0 fully saturated rings. The molecule has 0 aliphatic carbocycles. The molecule has 27 heavy (non-hydrogen) atoms. The highest BCUT2D eigenvalue weighted by Gasteiger charge is 2.29. The average molecular weight is 413 g/mol. The Balaban J connectivity index is 2.14. The van der Waals surface area contributed by atoms with Crippen LogP contribution in [0.5, 0.6) is 0 Å². The van der Waals surface area contributed by atoms with Gasteiger partial charge in [-0.2, -0.15) is 0 Å². The largest absolute Gasteiger partial charge is 0.453 e. The summed E-state index contributed by atoms with van der Waals surface area (Å²) in [6, 6.07) is 12.8. The summed E-state index contributed by atoms with van der Waals surface area (Å²) in [6.45, 7) is 1.78. The first-order valence-corrected chi connectivity index (χ1v) is 9.82. The van der Waals surface area contributed by atoms with Gasteiger partial charge in [0.1, 0.15) is 5.60 Å². The Hall–Kier alpha value is -2.13. The third-order valence-corrected chi connectivity index (χ3v) is 5.73. The molecule has 0 bridgehead atoms. The number of rotatable bonds is 7. The van der Waals surface area contributed by atoms with E-state index in [1.807, 2.05) is 6.07 Å². The number of carbonyl (C=O) groups is 1. The zero-order chi connectivity index (χ0) is 20.1. The summed E-state index contributed by atoms with van der Waals surface area (Å²) in [4.78, 5) is 11.2. The molecule has 2 aromatic carbocycles. The fraction of sp³-hybridized carbons (Fsp3) is 0.278. The Morgan fingerprint density at radius 3 is 2.37 bits per heavy atom. The minimum Gasteiger partial charge on any atom is -0.453 e. The molecule has 1 atom stereocenters. The van der Waals surface area contributed by atoms with Crippen molar-refractivity contribution < 1.29 is 22.7 Å². The van der Waals surface area contributed by atoms with Crippen molar-refractivity contribution >= 4 is 33.4 Å². The highest BCUT2D eigenvalue weighted by Crippen LogP contribution is 2.27. The Morgan fingerprint density at radius 2 is 1.81 bits per heavy atom. The Labute approximate surface area is 163 Å². The number of nitrogens with one attached hydrogen (secondary N) is 2. The first-order chi connectivity index (χ1) is 12.7. The third kappa shape index (κ3) is 5.43. The number of benzene rings is 2. The maximum absolute atomic E-state index is 12.6. The number of hydrogen-bond acceptors (Lipinski definition) is 5. The van der Waals surface area contributed by atoms with Gasteiger partial charge in [0.2, 0.25) is 10.0 Å². The van der Waals surface area contributed by atoms with Gasteiger partial charge in [0.25, 0.3) is 0 Å². The minimum atomic E-state index is -3.78. The van der Waals surface area contributed by atoms with E-state index in [1.165, 1.54) is 38.5 Å². The average Bonchev–Trinajstić information content (AvgIpc) is 2.66. The van der Waals surface area contributed by atoms with Crippen molar-refractivity contribution in [2.24, 2.45) is 0 Å². The van der Waals surface area contributed by atoms with E-state index in [9.17, 15) is 13.2 Å². The van der Waals surface area contributed by atoms with Gasteiger partial charge in [-0.1, -0.05) is 23.7 Å². The van der Waals surface area contributed by atoms with Gasteiger partial charge in [-0.3, -0.25) is 5.32 Å². The van der Waals surface area contributed by atoms with Crippen LogP contribution in [-0.2, 0) is 25.1 Å². The molecule has 146 valence electrons. The summed E-state index contributed by atoms with van der Waals surface area (Å²) in [5, 5.41) is 2.99. The van der Waals surface area contributed by atoms with Crippen LogP contribution in [0.3, 0.4) is 0 Å². The minimum absolute atomic E-state index is 0.00827. The van der Waals surface area contributed by atoms with E-state index in [0.29, 0.717) is 10.7 Å². The van der Waals surface area contributed by atoms with E-state index in [2.05, 4.69) is 14.8 Å². The smallest absolute Gasteiger partial charge is 0.411 e. The molecule has 2 N–H and O–H groups in total. The molecule has 9 heteroatoms. The lowest BCUT2D eigenvalue weighted by atomic mass is 9.96. The van der Waals surface area contributed by atoms with E-state index in [-0.39, 0.29) is 11.4 Å². The molecule has 0 heterocycles. The van der Waals surface area contributed by atoms with Gasteiger partial charge in [-0.15, -0.1) is 0 Å². The number of ether oxygens (including phenoxy) is 2. The van der Waals surface area contributed by atoms with Crippen molar-refractivity contribution in [3.8, 4) is 0 Å². The Bertz CT molecular complexity index is 902. The van der Waals surface area contributed by atoms with E-state index < -0.39 is 21.7 Å². The lowest BCUT2D eigenvalue weighted by molar-refractivity contribution is 0.00699. The summed E-state index contributed by atoms with van der Waals surface area (Å²) in [5.74, 6) is 0. The number of halogens is 1. The van der Waals surface area contributed by atoms with Gasteiger partial charge >= 0.3 is 6.09 Å². The number of anilines is 1. The van der Waals surface area contributed by atoms with Crippen molar-refractivity contribution in [1.82, 2.24) is 4.72 Å². The SMILES string of the molecule is COC(=O)Nc1ccc(S(=O)(=O)NC[C@@](C)(OC)c2cccc(Cl)c2)cc1. The first kappa shape index (κ1) is 21.2. The van der Waals surface area contributed by atoms with Crippen molar-refractivity contribution in [3.05, 3.63) is 59.1 Å². The van der Waals surface area contributed by atoms with Gasteiger partial charge < -0.3 is 9.47 Å². The summed E-state index contributed by atoms with van der Waals surface area (Å²) in [7, 11) is -1.04. The van der Waals surface area contributed by atoms with Crippen molar-refractivity contribution in [2.75, 3.05) is 26.1 Å². The van der Waals surface area contributed by atoms with Crippen molar-refractivity contribution in [2.45, 2.75) is 17.4 Å². The summed E-state index contributed by atoms with van der Waals surface area (Å²) < 4.78 is 37.7. The first-order valence-electron chi connectivity index (χ1n) is 7.96. The Morgan fingerprint density at radius 1 is 1.15 bits per heavy atom. The summed E-state index contributed by atoms with van der Waals surface area (Å²) in [6.07, 6.45) is -0.638. The van der Waals surface area contributed by atoms with Crippen LogP contribution in [-0.4, -0.2) is 35.3 Å². The van der Waals surface area contributed by atoms with E-state index >= 15 is 0 Å². The molecule has 2 aromatic rings. The predicted molar refractivity (Wildman–Crippen MR) is 103 cm³/mol. The van der Waals surface area contributed by atoms with Crippen molar-refractivity contribution in [1.29, 1.82) is 0 Å². The Kier molecular flexibility index (Phi) is 6.83. The zero-order valence-corrected chi connectivity index (χ0v) is 16.7. The van der Waals surface area contributed by atoms with Crippen LogP contribution < -0.4 is 10.0 Å². The van der Waals surface area contributed by atoms with Crippen LogP contribution in [0, 0.1) is 0 Å². The third-order valence-electron chi connectivity index (χ3n) is 4.08. The van der Waals surface area contributed by atoms with E-state index in [4.69, 9.17) is 16.3 Å². The molecule has 0 aliphatic rings. The van der Waals surface area contributed by atoms with Gasteiger partial charge in [0, 0.05) is 24.4 Å². The molecule has 0 aliphatic heterocycles. The molecule has 0 saturated heterocycles. The van der Waals surface area contributed by atoms with Crippen LogP contribution >= 0.6 is 11.6 Å². The number of amides is 1. The zero-order valence-electron chi connectivity index (χ0n) is 15.2. The van der Waals surface area contributed by atoms with Gasteiger partial charge in [-0.25, -0.2) is 17.9 Å². The van der Waals surface area contributed by atoms with E-state index in [1.54, 1.807) is 25.1 Å². The number of carbonyl (C=O) groups excluding carboxylic acids is 1. The highest BCUT2D eigenvalue weighted by molar-refractivity contribution is 7.89. The maximum Gasteiger partial charge on any atom is 0.411 e. The van der Waals surface area contributed by atoms with Crippen LogP contribution in [0.4, 0.5) is 10.5 Å². The molecule has 0 radical (unpaired) electrons. The van der Waals surface area contributed by atoms with Gasteiger partial charge in [0.05, 0.1) is 12.0 Å². The van der Waals surface area contributed by atoms with Crippen molar-refractivity contribution in [3.63, 3.8) is 0 Å². The second-order valence-corrected chi connectivity index (χ2v) is 8.11. The molecular formula is C18H21ClN2O5S. The molecule has 0 spiro atoms. The fourth-order valence-corrected chi connectivity index (χ4v) is 3.63. The predicted octanol–water partition coefficient (Wildman–Crippen LogP) is 3.36. The molecule has 0 unspecified atom stereocenters. The molecule has 1 amide bonds.